The van der Waals surface area contributed by atoms with Gasteiger partial charge >= 0.3 is 0 Å². The molecule has 0 aliphatic carbocycles. The van der Waals surface area contributed by atoms with Crippen molar-refractivity contribution < 1.29 is 17.9 Å². The summed E-state index contributed by atoms with van der Waals surface area (Å²) in [6.45, 7) is 7.87. The highest BCUT2D eigenvalue weighted by molar-refractivity contribution is 7.89. The normalized spacial score (nSPS) is 22.2. The number of rotatable bonds is 5. The molecule has 0 radical (unpaired) electrons. The van der Waals surface area contributed by atoms with Gasteiger partial charge < -0.3 is 9.64 Å². The Morgan fingerprint density at radius 2 is 1.89 bits per heavy atom. The molecular weight excluding hydrogens is 368 g/mol. The number of piperidine rings is 1. The Hall–Kier alpha value is -1.45. The predicted octanol–water partition coefficient (Wildman–Crippen LogP) is 1.31. The molecule has 0 spiro atoms. The molecule has 2 fully saturated rings. The lowest BCUT2D eigenvalue weighted by atomic mass is 10.00. The summed E-state index contributed by atoms with van der Waals surface area (Å²) in [6, 6.07) is 0.278. The fourth-order valence-electron chi connectivity index (χ4n) is 4.10. The summed E-state index contributed by atoms with van der Waals surface area (Å²) < 4.78 is 34.3. The Bertz CT molecular complexity index is 784. The van der Waals surface area contributed by atoms with Gasteiger partial charge in [0.25, 0.3) is 0 Å². The third-order valence-corrected chi connectivity index (χ3v) is 7.74. The number of hydrogen-bond donors (Lipinski definition) is 0. The maximum absolute atomic E-state index is 13.0. The first-order valence-electron chi connectivity index (χ1n) is 9.77. The first-order valence-corrected chi connectivity index (χ1v) is 11.2. The van der Waals surface area contributed by atoms with Crippen molar-refractivity contribution in [3.8, 4) is 0 Å². The van der Waals surface area contributed by atoms with Crippen LogP contribution in [0.25, 0.3) is 0 Å². The number of carbonyl (C=O) groups excluding carboxylic acids is 1. The first kappa shape index (κ1) is 20.3. The van der Waals surface area contributed by atoms with E-state index in [9.17, 15) is 13.2 Å². The van der Waals surface area contributed by atoms with Crippen molar-refractivity contribution >= 4 is 15.9 Å². The van der Waals surface area contributed by atoms with E-state index in [1.165, 1.54) is 4.31 Å². The van der Waals surface area contributed by atoms with Crippen molar-refractivity contribution in [2.45, 2.75) is 63.9 Å². The molecule has 0 bridgehead atoms. The number of aromatic nitrogens is 2. The van der Waals surface area contributed by atoms with Crippen molar-refractivity contribution in [1.29, 1.82) is 0 Å². The van der Waals surface area contributed by atoms with Crippen molar-refractivity contribution in [2.24, 2.45) is 0 Å². The van der Waals surface area contributed by atoms with Crippen LogP contribution >= 0.6 is 0 Å². The van der Waals surface area contributed by atoms with Gasteiger partial charge in [0.2, 0.25) is 15.9 Å². The summed E-state index contributed by atoms with van der Waals surface area (Å²) in [7, 11) is -3.63. The molecule has 1 atom stereocenters. The number of carbonyl (C=O) groups is 1. The number of sulfonamides is 1. The molecule has 1 aromatic heterocycles. The average Bonchev–Trinajstić information content (AvgIpc) is 2.96. The molecule has 2 aliphatic rings. The molecular formula is C18H30N4O4S. The lowest BCUT2D eigenvalue weighted by Crippen LogP contribution is -2.45. The van der Waals surface area contributed by atoms with Gasteiger partial charge in [-0.2, -0.15) is 9.40 Å². The van der Waals surface area contributed by atoms with Crippen LogP contribution in [0.15, 0.2) is 4.90 Å². The molecule has 0 N–H and O–H groups in total. The van der Waals surface area contributed by atoms with Gasteiger partial charge in [0.1, 0.15) is 11.4 Å². The van der Waals surface area contributed by atoms with Crippen LogP contribution in [0.4, 0.5) is 0 Å². The first-order chi connectivity index (χ1) is 12.9. The summed E-state index contributed by atoms with van der Waals surface area (Å²) in [5, 5.41) is 4.39. The lowest BCUT2D eigenvalue weighted by molar-refractivity contribution is -0.135. The van der Waals surface area contributed by atoms with E-state index >= 15 is 0 Å². The second kappa shape index (κ2) is 8.28. The summed E-state index contributed by atoms with van der Waals surface area (Å²) >= 11 is 0. The topological polar surface area (TPSA) is 84.7 Å². The van der Waals surface area contributed by atoms with Crippen LogP contribution in [0.1, 0.15) is 44.0 Å². The molecule has 9 heteroatoms. The maximum Gasteiger partial charge on any atom is 0.246 e. The highest BCUT2D eigenvalue weighted by Gasteiger charge is 2.33. The Labute approximate surface area is 161 Å². The van der Waals surface area contributed by atoms with Crippen LogP contribution in [0.5, 0.6) is 0 Å². The number of aryl methyl sites for hydroxylation is 1. The average molecular weight is 399 g/mol. The smallest absolute Gasteiger partial charge is 0.246 e. The van der Waals surface area contributed by atoms with Crippen molar-refractivity contribution in [2.75, 3.05) is 32.8 Å². The zero-order chi connectivity index (χ0) is 19.6. The standard InChI is InChI=1S/C18H30N4O4S/c1-4-16-7-5-6-8-21(16)17(23)13-22-15(3)18(14(2)19-22)27(24,25)20-9-11-26-12-10-20/h16H,4-13H2,1-3H3/t16-/m1/s1. The molecule has 152 valence electrons. The van der Waals surface area contributed by atoms with Crippen LogP contribution in [0, 0.1) is 13.8 Å². The largest absolute Gasteiger partial charge is 0.379 e. The predicted molar refractivity (Wildman–Crippen MR) is 101 cm³/mol. The fourth-order valence-corrected chi connectivity index (χ4v) is 5.88. The summed E-state index contributed by atoms with van der Waals surface area (Å²) in [5.74, 6) is 0.0162. The molecule has 27 heavy (non-hydrogen) atoms. The highest BCUT2D eigenvalue weighted by Crippen LogP contribution is 2.25. The van der Waals surface area contributed by atoms with Crippen molar-refractivity contribution in [3.05, 3.63) is 11.4 Å². The Morgan fingerprint density at radius 1 is 1.19 bits per heavy atom. The van der Waals surface area contributed by atoms with Crippen LogP contribution in [-0.4, -0.2) is 72.2 Å². The van der Waals surface area contributed by atoms with Gasteiger partial charge in [-0.15, -0.1) is 0 Å². The number of hydrogen-bond acceptors (Lipinski definition) is 5. The molecule has 0 unspecified atom stereocenters. The van der Waals surface area contributed by atoms with Crippen LogP contribution in [-0.2, 0) is 26.1 Å². The summed E-state index contributed by atoms with van der Waals surface area (Å²) in [6.07, 6.45) is 4.16. The van der Waals surface area contributed by atoms with Gasteiger partial charge in [0, 0.05) is 25.7 Å². The van der Waals surface area contributed by atoms with Crippen LogP contribution in [0.2, 0.25) is 0 Å². The molecule has 3 heterocycles. The zero-order valence-corrected chi connectivity index (χ0v) is 17.3. The molecule has 2 saturated heterocycles. The molecule has 0 saturated carbocycles. The lowest BCUT2D eigenvalue weighted by Gasteiger charge is -2.35. The third kappa shape index (κ3) is 4.05. The second-order valence-corrected chi connectivity index (χ2v) is 9.19. The minimum absolute atomic E-state index is 0.0162. The monoisotopic (exact) mass is 398 g/mol. The summed E-state index contributed by atoms with van der Waals surface area (Å²) in [4.78, 5) is 15.0. The quantitative estimate of drug-likeness (QED) is 0.747. The minimum atomic E-state index is -3.63. The van der Waals surface area contributed by atoms with E-state index in [1.54, 1.807) is 18.5 Å². The van der Waals surface area contributed by atoms with Crippen LogP contribution < -0.4 is 0 Å². The molecule has 1 aromatic rings. The number of nitrogens with zero attached hydrogens (tertiary/aromatic N) is 4. The number of likely N-dealkylation sites (tertiary alicyclic amines) is 1. The Kier molecular flexibility index (Phi) is 6.22. The zero-order valence-electron chi connectivity index (χ0n) is 16.5. The Balaban J connectivity index is 1.82. The molecule has 8 nitrogen and oxygen atoms in total. The van der Waals surface area contributed by atoms with Gasteiger partial charge in [-0.05, 0) is 39.5 Å². The molecule has 2 aliphatic heterocycles. The van der Waals surface area contributed by atoms with E-state index in [2.05, 4.69) is 12.0 Å². The van der Waals surface area contributed by atoms with Gasteiger partial charge in [-0.25, -0.2) is 8.42 Å². The SMILES string of the molecule is CC[C@@H]1CCCCN1C(=O)Cn1nc(C)c(S(=O)(=O)N2CCOCC2)c1C. The van der Waals surface area contributed by atoms with E-state index in [1.807, 2.05) is 4.90 Å². The van der Waals surface area contributed by atoms with Gasteiger partial charge in [0.15, 0.2) is 0 Å². The van der Waals surface area contributed by atoms with E-state index in [0.717, 1.165) is 32.2 Å². The second-order valence-electron chi connectivity index (χ2n) is 7.32. The molecule has 1 amide bonds. The van der Waals surface area contributed by atoms with Gasteiger partial charge in [0.05, 0.1) is 24.6 Å². The summed E-state index contributed by atoms with van der Waals surface area (Å²) in [5.41, 5.74) is 0.967. The fraction of sp³-hybridized carbons (Fsp3) is 0.778. The Morgan fingerprint density at radius 3 is 2.56 bits per heavy atom. The maximum atomic E-state index is 13.0. The van der Waals surface area contributed by atoms with Crippen molar-refractivity contribution in [3.63, 3.8) is 0 Å². The van der Waals surface area contributed by atoms with Gasteiger partial charge in [-0.3, -0.25) is 9.48 Å². The third-order valence-electron chi connectivity index (χ3n) is 5.59. The number of amides is 1. The van der Waals surface area contributed by atoms with E-state index in [4.69, 9.17) is 4.74 Å². The van der Waals surface area contributed by atoms with Crippen LogP contribution in [0.3, 0.4) is 0 Å². The molecule has 3 rings (SSSR count). The number of morpholine rings is 1. The highest BCUT2D eigenvalue weighted by atomic mass is 32.2. The van der Waals surface area contributed by atoms with E-state index in [0.29, 0.717) is 37.7 Å². The number of ether oxygens (including phenoxy) is 1. The van der Waals surface area contributed by atoms with E-state index in [-0.39, 0.29) is 23.4 Å². The van der Waals surface area contributed by atoms with Crippen molar-refractivity contribution in [1.82, 2.24) is 19.0 Å². The van der Waals surface area contributed by atoms with Gasteiger partial charge in [-0.1, -0.05) is 6.92 Å². The van der Waals surface area contributed by atoms with E-state index < -0.39 is 10.0 Å². The molecule has 0 aromatic carbocycles. The minimum Gasteiger partial charge on any atom is -0.379 e.